The van der Waals surface area contributed by atoms with Gasteiger partial charge in [-0.2, -0.15) is 0 Å². The van der Waals surface area contributed by atoms with E-state index < -0.39 is 21.1 Å². The van der Waals surface area contributed by atoms with Crippen molar-refractivity contribution in [3.63, 3.8) is 0 Å². The summed E-state index contributed by atoms with van der Waals surface area (Å²) in [6.45, 7) is 0.592. The van der Waals surface area contributed by atoms with Crippen molar-refractivity contribution in [2.24, 2.45) is 11.1 Å². The van der Waals surface area contributed by atoms with Crippen LogP contribution in [0.5, 0.6) is 0 Å². The smallest absolute Gasteiger partial charge is 0.212 e. The van der Waals surface area contributed by atoms with E-state index in [1.54, 1.807) is 6.07 Å². The van der Waals surface area contributed by atoms with Crippen LogP contribution in [0.15, 0.2) is 18.2 Å². The summed E-state index contributed by atoms with van der Waals surface area (Å²) in [7, 11) is -3.67. The highest BCUT2D eigenvalue weighted by Crippen LogP contribution is 2.28. The number of hydrogen-bond donors (Lipinski definition) is 1. The molecular weight excluding hydrogens is 293 g/mol. The molecular formula is C12H15ClFNO3S. The summed E-state index contributed by atoms with van der Waals surface area (Å²) in [5, 5.41) is 4.80. The number of halogens is 2. The van der Waals surface area contributed by atoms with Crippen LogP contribution in [0.4, 0.5) is 4.39 Å². The summed E-state index contributed by atoms with van der Waals surface area (Å²) in [5.41, 5.74) is 0.313. The number of sulfonamides is 1. The van der Waals surface area contributed by atoms with Crippen LogP contribution >= 0.6 is 11.6 Å². The van der Waals surface area contributed by atoms with Gasteiger partial charge in [-0.15, -0.1) is 0 Å². The molecule has 2 N–H and O–H groups in total. The Bertz CT molecular complexity index is 544. The number of ether oxygens (including phenoxy) is 1. The summed E-state index contributed by atoms with van der Waals surface area (Å²) < 4.78 is 42.1. The molecule has 0 unspecified atom stereocenters. The maximum atomic E-state index is 13.7. The Morgan fingerprint density at radius 2 is 2.21 bits per heavy atom. The quantitative estimate of drug-likeness (QED) is 0.924. The van der Waals surface area contributed by atoms with E-state index in [-0.39, 0.29) is 18.9 Å². The Morgan fingerprint density at radius 1 is 1.47 bits per heavy atom. The molecule has 1 aromatic carbocycles. The lowest BCUT2D eigenvalue weighted by Crippen LogP contribution is -2.42. The average Bonchev–Trinajstić information content (AvgIpc) is 2.33. The standard InChI is InChI=1S/C12H15ClFNO3S/c13-10-2-1-3-11(14)9(10)6-8-7-18-5-4-12(8)19(15,16)17/h1-3,8,12H,4-7H2,(H2,15,16,17)/t8-,12+/m0/s1. The van der Waals surface area contributed by atoms with Gasteiger partial charge >= 0.3 is 0 Å². The van der Waals surface area contributed by atoms with Crippen LogP contribution in [-0.2, 0) is 21.2 Å². The third-order valence-electron chi connectivity index (χ3n) is 3.35. The Labute approximate surface area is 116 Å². The zero-order valence-corrected chi connectivity index (χ0v) is 11.8. The van der Waals surface area contributed by atoms with E-state index in [0.29, 0.717) is 23.6 Å². The fourth-order valence-corrected chi connectivity index (χ4v) is 3.77. The molecule has 2 rings (SSSR count). The van der Waals surface area contributed by atoms with Crippen LogP contribution in [0.3, 0.4) is 0 Å². The van der Waals surface area contributed by atoms with Crippen molar-refractivity contribution in [2.45, 2.75) is 18.1 Å². The predicted octanol–water partition coefficient (Wildman–Crippen LogP) is 1.72. The Morgan fingerprint density at radius 3 is 2.84 bits per heavy atom. The molecule has 0 aliphatic carbocycles. The molecule has 19 heavy (non-hydrogen) atoms. The normalized spacial score (nSPS) is 24.4. The fourth-order valence-electron chi connectivity index (χ4n) is 2.39. The Hall–Kier alpha value is -0.690. The van der Waals surface area contributed by atoms with Gasteiger partial charge in [0.2, 0.25) is 10.0 Å². The number of benzene rings is 1. The van der Waals surface area contributed by atoms with E-state index in [1.807, 2.05) is 0 Å². The molecule has 1 aliphatic heterocycles. The van der Waals surface area contributed by atoms with E-state index in [9.17, 15) is 12.8 Å². The zero-order chi connectivity index (χ0) is 14.0. The van der Waals surface area contributed by atoms with Crippen LogP contribution in [0.2, 0.25) is 5.02 Å². The number of rotatable bonds is 3. The van der Waals surface area contributed by atoms with Crippen LogP contribution in [0, 0.1) is 11.7 Å². The van der Waals surface area contributed by atoms with Gasteiger partial charge in [-0.3, -0.25) is 0 Å². The minimum absolute atomic E-state index is 0.201. The Kier molecular flexibility index (Phi) is 4.45. The van der Waals surface area contributed by atoms with E-state index in [4.69, 9.17) is 21.5 Å². The SMILES string of the molecule is NS(=O)(=O)[C@@H]1CCOC[C@@H]1Cc1c(F)cccc1Cl. The molecule has 0 saturated carbocycles. The highest BCUT2D eigenvalue weighted by atomic mass is 35.5. The van der Waals surface area contributed by atoms with Crippen molar-refractivity contribution in [1.82, 2.24) is 0 Å². The Balaban J connectivity index is 2.25. The van der Waals surface area contributed by atoms with E-state index in [1.165, 1.54) is 12.1 Å². The van der Waals surface area contributed by atoms with Crippen molar-refractivity contribution in [3.05, 3.63) is 34.6 Å². The van der Waals surface area contributed by atoms with Gasteiger partial charge in [-0.05, 0) is 25.0 Å². The summed E-state index contributed by atoms with van der Waals surface area (Å²) in [6, 6.07) is 4.39. The lowest BCUT2D eigenvalue weighted by Gasteiger charge is -2.30. The molecule has 0 spiro atoms. The zero-order valence-electron chi connectivity index (χ0n) is 10.2. The van der Waals surface area contributed by atoms with Crippen molar-refractivity contribution in [3.8, 4) is 0 Å². The lowest BCUT2D eigenvalue weighted by molar-refractivity contribution is 0.0570. The fraction of sp³-hybridized carbons (Fsp3) is 0.500. The third-order valence-corrected chi connectivity index (χ3v) is 5.17. The summed E-state index contributed by atoms with van der Waals surface area (Å²) >= 11 is 5.95. The molecule has 0 bridgehead atoms. The first-order chi connectivity index (χ1) is 8.89. The molecule has 1 saturated heterocycles. The monoisotopic (exact) mass is 307 g/mol. The molecule has 106 valence electrons. The second kappa shape index (κ2) is 5.75. The summed E-state index contributed by atoms with van der Waals surface area (Å²) in [5.74, 6) is -0.815. The summed E-state index contributed by atoms with van der Waals surface area (Å²) in [6.07, 6.45) is 0.530. The molecule has 7 heteroatoms. The molecule has 0 radical (unpaired) electrons. The predicted molar refractivity (Wildman–Crippen MR) is 70.9 cm³/mol. The molecule has 1 aliphatic rings. The van der Waals surface area contributed by atoms with Crippen LogP contribution < -0.4 is 5.14 Å². The number of primary sulfonamides is 1. The highest BCUT2D eigenvalue weighted by Gasteiger charge is 2.34. The largest absolute Gasteiger partial charge is 0.381 e. The molecule has 2 atom stereocenters. The molecule has 1 fully saturated rings. The number of nitrogens with two attached hydrogens (primary N) is 1. The lowest BCUT2D eigenvalue weighted by atomic mass is 9.93. The van der Waals surface area contributed by atoms with E-state index in [0.717, 1.165) is 0 Å². The minimum atomic E-state index is -3.67. The molecule has 1 aromatic rings. The van der Waals surface area contributed by atoms with E-state index in [2.05, 4.69) is 0 Å². The highest BCUT2D eigenvalue weighted by molar-refractivity contribution is 7.89. The first-order valence-corrected chi connectivity index (χ1v) is 7.90. The second-order valence-corrected chi connectivity index (χ2v) is 6.85. The first-order valence-electron chi connectivity index (χ1n) is 5.92. The maximum absolute atomic E-state index is 13.7. The average molecular weight is 308 g/mol. The van der Waals surface area contributed by atoms with Gasteiger partial charge in [0, 0.05) is 23.1 Å². The van der Waals surface area contributed by atoms with Crippen molar-refractivity contribution in [1.29, 1.82) is 0 Å². The van der Waals surface area contributed by atoms with Crippen LogP contribution in [0.25, 0.3) is 0 Å². The van der Waals surface area contributed by atoms with Crippen LogP contribution in [0.1, 0.15) is 12.0 Å². The van der Waals surface area contributed by atoms with Gasteiger partial charge in [-0.25, -0.2) is 17.9 Å². The topological polar surface area (TPSA) is 69.4 Å². The van der Waals surface area contributed by atoms with Crippen LogP contribution in [-0.4, -0.2) is 26.9 Å². The van der Waals surface area contributed by atoms with Gasteiger partial charge in [0.25, 0.3) is 0 Å². The molecule has 4 nitrogen and oxygen atoms in total. The third kappa shape index (κ3) is 3.45. The van der Waals surface area contributed by atoms with Crippen molar-refractivity contribution < 1.29 is 17.5 Å². The van der Waals surface area contributed by atoms with Gasteiger partial charge in [0.05, 0.1) is 11.9 Å². The minimum Gasteiger partial charge on any atom is -0.381 e. The molecule has 0 amide bonds. The van der Waals surface area contributed by atoms with Crippen molar-refractivity contribution >= 4 is 21.6 Å². The number of hydrogen-bond acceptors (Lipinski definition) is 3. The second-order valence-electron chi connectivity index (χ2n) is 4.66. The van der Waals surface area contributed by atoms with Gasteiger partial charge in [0.1, 0.15) is 5.82 Å². The summed E-state index contributed by atoms with van der Waals surface area (Å²) in [4.78, 5) is 0. The van der Waals surface area contributed by atoms with Crippen molar-refractivity contribution in [2.75, 3.05) is 13.2 Å². The first kappa shape index (κ1) is 14.7. The molecule has 0 aromatic heterocycles. The van der Waals surface area contributed by atoms with Gasteiger partial charge in [-0.1, -0.05) is 17.7 Å². The van der Waals surface area contributed by atoms with E-state index >= 15 is 0 Å². The maximum Gasteiger partial charge on any atom is 0.212 e. The van der Waals surface area contributed by atoms with Gasteiger partial charge in [0.15, 0.2) is 0 Å². The van der Waals surface area contributed by atoms with Gasteiger partial charge < -0.3 is 4.74 Å². The molecule has 1 heterocycles.